The van der Waals surface area contributed by atoms with E-state index in [4.69, 9.17) is 10.5 Å². The van der Waals surface area contributed by atoms with Crippen LogP contribution in [0.15, 0.2) is 18.2 Å². The molecular formula is C16H23F3N2O2. The average Bonchev–Trinajstić information content (AvgIpc) is 2.47. The summed E-state index contributed by atoms with van der Waals surface area (Å²) in [6, 6.07) is 4.64. The molecule has 23 heavy (non-hydrogen) atoms. The smallest absolute Gasteiger partial charge is 0.422 e. The van der Waals surface area contributed by atoms with E-state index >= 15 is 0 Å². The van der Waals surface area contributed by atoms with Gasteiger partial charge < -0.3 is 15.8 Å². The fourth-order valence-electron chi connectivity index (χ4n) is 2.06. The van der Waals surface area contributed by atoms with Crippen LogP contribution < -0.4 is 15.8 Å². The van der Waals surface area contributed by atoms with Gasteiger partial charge in [-0.25, -0.2) is 0 Å². The normalized spacial score (nSPS) is 11.3. The highest BCUT2D eigenvalue weighted by Gasteiger charge is 2.28. The lowest BCUT2D eigenvalue weighted by Gasteiger charge is -2.14. The number of anilines is 1. The number of carbonyl (C=O) groups is 1. The van der Waals surface area contributed by atoms with E-state index in [0.29, 0.717) is 24.2 Å². The number of unbranched alkanes of at least 4 members (excludes halogenated alkanes) is 3. The van der Waals surface area contributed by atoms with Gasteiger partial charge in [-0.3, -0.25) is 4.79 Å². The molecule has 0 bridgehead atoms. The Hall–Kier alpha value is -1.76. The fourth-order valence-corrected chi connectivity index (χ4v) is 2.06. The average molecular weight is 332 g/mol. The van der Waals surface area contributed by atoms with Gasteiger partial charge in [0.05, 0.1) is 0 Å². The summed E-state index contributed by atoms with van der Waals surface area (Å²) < 4.78 is 41.4. The van der Waals surface area contributed by atoms with Gasteiger partial charge in [-0.05, 0) is 38.4 Å². The molecule has 1 amide bonds. The zero-order valence-corrected chi connectivity index (χ0v) is 13.2. The van der Waals surface area contributed by atoms with Gasteiger partial charge in [-0.15, -0.1) is 0 Å². The molecule has 0 spiro atoms. The van der Waals surface area contributed by atoms with Gasteiger partial charge in [0, 0.05) is 17.7 Å². The molecule has 0 aliphatic heterocycles. The third-order valence-electron chi connectivity index (χ3n) is 3.31. The Morgan fingerprint density at radius 3 is 2.57 bits per heavy atom. The second-order valence-electron chi connectivity index (χ2n) is 5.33. The van der Waals surface area contributed by atoms with Gasteiger partial charge in [0.2, 0.25) is 5.91 Å². The van der Waals surface area contributed by atoms with Gasteiger partial charge in [-0.1, -0.05) is 18.9 Å². The number of carbonyl (C=O) groups excluding carboxylic acids is 1. The minimum atomic E-state index is -4.39. The first-order chi connectivity index (χ1) is 10.8. The highest BCUT2D eigenvalue weighted by Crippen LogP contribution is 2.27. The van der Waals surface area contributed by atoms with Crippen molar-refractivity contribution in [2.24, 2.45) is 5.73 Å². The molecule has 0 saturated carbocycles. The van der Waals surface area contributed by atoms with E-state index in [-0.39, 0.29) is 11.7 Å². The lowest BCUT2D eigenvalue weighted by Crippen LogP contribution is -2.20. The Morgan fingerprint density at radius 1 is 1.22 bits per heavy atom. The number of benzene rings is 1. The quantitative estimate of drug-likeness (QED) is 0.676. The largest absolute Gasteiger partial charge is 0.484 e. The summed E-state index contributed by atoms with van der Waals surface area (Å²) in [5.74, 6) is -0.0445. The summed E-state index contributed by atoms with van der Waals surface area (Å²) in [6.07, 6.45) is -0.400. The summed E-state index contributed by atoms with van der Waals surface area (Å²) in [4.78, 5) is 11.9. The molecule has 0 atom stereocenters. The molecule has 130 valence electrons. The van der Waals surface area contributed by atoms with Crippen molar-refractivity contribution in [3.05, 3.63) is 23.8 Å². The first-order valence-electron chi connectivity index (χ1n) is 7.62. The molecule has 7 heteroatoms. The second-order valence-corrected chi connectivity index (χ2v) is 5.33. The summed E-state index contributed by atoms with van der Waals surface area (Å²) in [5, 5.41) is 2.71. The minimum absolute atomic E-state index is 0.114. The molecule has 1 aromatic rings. The van der Waals surface area contributed by atoms with E-state index < -0.39 is 12.8 Å². The van der Waals surface area contributed by atoms with Crippen molar-refractivity contribution in [2.75, 3.05) is 18.5 Å². The maximum Gasteiger partial charge on any atom is 0.422 e. The third kappa shape index (κ3) is 7.88. The number of halogens is 3. The van der Waals surface area contributed by atoms with E-state index in [1.165, 1.54) is 6.07 Å². The molecule has 0 aromatic heterocycles. The maximum absolute atomic E-state index is 12.2. The van der Waals surface area contributed by atoms with E-state index in [0.717, 1.165) is 25.7 Å². The number of rotatable bonds is 9. The fraction of sp³-hybridized carbons (Fsp3) is 0.562. The van der Waals surface area contributed by atoms with Crippen molar-refractivity contribution < 1.29 is 22.7 Å². The van der Waals surface area contributed by atoms with E-state index in [1.54, 1.807) is 19.1 Å². The van der Waals surface area contributed by atoms with Crippen LogP contribution in [0.1, 0.15) is 37.7 Å². The van der Waals surface area contributed by atoms with Gasteiger partial charge >= 0.3 is 6.18 Å². The first kappa shape index (κ1) is 19.3. The summed E-state index contributed by atoms with van der Waals surface area (Å²) in [7, 11) is 0. The Balaban J connectivity index is 2.51. The minimum Gasteiger partial charge on any atom is -0.484 e. The standard InChI is InChI=1S/C16H23F3N2O2/c1-12-13(21-15(22)9-4-2-3-5-10-20)7-6-8-14(12)23-11-16(17,18)19/h6-8H,2-5,9-11,20H2,1H3,(H,21,22). The van der Waals surface area contributed by atoms with E-state index in [1.807, 2.05) is 0 Å². The molecule has 0 fully saturated rings. The summed E-state index contributed by atoms with van der Waals surface area (Å²) in [6.45, 7) is 0.908. The van der Waals surface area contributed by atoms with Crippen molar-refractivity contribution in [3.63, 3.8) is 0 Å². The third-order valence-corrected chi connectivity index (χ3v) is 3.31. The van der Waals surface area contributed by atoms with Crippen LogP contribution in [0.4, 0.5) is 18.9 Å². The van der Waals surface area contributed by atoms with Crippen molar-refractivity contribution >= 4 is 11.6 Å². The molecule has 0 aliphatic rings. The Labute approximate surface area is 134 Å². The zero-order valence-electron chi connectivity index (χ0n) is 13.2. The van der Waals surface area contributed by atoms with Crippen LogP contribution in [0.5, 0.6) is 5.75 Å². The molecule has 1 aromatic carbocycles. The van der Waals surface area contributed by atoms with Crippen molar-refractivity contribution in [1.29, 1.82) is 0 Å². The lowest BCUT2D eigenvalue weighted by atomic mass is 10.1. The van der Waals surface area contributed by atoms with Crippen LogP contribution in [0.2, 0.25) is 0 Å². The van der Waals surface area contributed by atoms with Crippen LogP contribution in [0, 0.1) is 6.92 Å². The van der Waals surface area contributed by atoms with Crippen molar-refractivity contribution in [1.82, 2.24) is 0 Å². The highest BCUT2D eigenvalue weighted by molar-refractivity contribution is 5.91. The van der Waals surface area contributed by atoms with Gasteiger partial charge in [0.1, 0.15) is 5.75 Å². The van der Waals surface area contributed by atoms with E-state index in [2.05, 4.69) is 5.32 Å². The van der Waals surface area contributed by atoms with Crippen LogP contribution in [-0.2, 0) is 4.79 Å². The molecule has 4 nitrogen and oxygen atoms in total. The number of amides is 1. The highest BCUT2D eigenvalue weighted by atomic mass is 19.4. The summed E-state index contributed by atoms with van der Waals surface area (Å²) in [5.41, 5.74) is 6.34. The number of nitrogens with one attached hydrogen (secondary N) is 1. The van der Waals surface area contributed by atoms with Gasteiger partial charge in [-0.2, -0.15) is 13.2 Å². The molecule has 0 heterocycles. The van der Waals surface area contributed by atoms with Crippen LogP contribution in [0.3, 0.4) is 0 Å². The van der Waals surface area contributed by atoms with Crippen molar-refractivity contribution in [3.8, 4) is 5.75 Å². The predicted molar refractivity (Wildman–Crippen MR) is 83.5 cm³/mol. The molecule has 0 unspecified atom stereocenters. The Morgan fingerprint density at radius 2 is 1.91 bits per heavy atom. The monoisotopic (exact) mass is 332 g/mol. The second kappa shape index (κ2) is 9.39. The van der Waals surface area contributed by atoms with E-state index in [9.17, 15) is 18.0 Å². The Bertz CT molecular complexity index is 505. The van der Waals surface area contributed by atoms with Gasteiger partial charge in [0.15, 0.2) is 6.61 Å². The number of nitrogens with two attached hydrogens (primary N) is 1. The maximum atomic E-state index is 12.2. The summed E-state index contributed by atoms with van der Waals surface area (Å²) >= 11 is 0. The van der Waals surface area contributed by atoms with Crippen molar-refractivity contribution in [2.45, 2.75) is 45.2 Å². The predicted octanol–water partition coefficient (Wildman–Crippen LogP) is 3.78. The Kier molecular flexibility index (Phi) is 7.88. The topological polar surface area (TPSA) is 64.4 Å². The molecule has 1 rings (SSSR count). The van der Waals surface area contributed by atoms with Crippen LogP contribution in [-0.4, -0.2) is 25.2 Å². The lowest BCUT2D eigenvalue weighted by molar-refractivity contribution is -0.153. The SMILES string of the molecule is Cc1c(NC(=O)CCCCCCN)cccc1OCC(F)(F)F. The van der Waals surface area contributed by atoms with Crippen LogP contribution in [0.25, 0.3) is 0 Å². The molecule has 0 radical (unpaired) electrons. The van der Waals surface area contributed by atoms with Crippen LogP contribution >= 0.6 is 0 Å². The number of hydrogen-bond acceptors (Lipinski definition) is 3. The molecule has 3 N–H and O–H groups in total. The zero-order chi connectivity index (χ0) is 17.3. The number of alkyl halides is 3. The molecule has 0 saturated heterocycles. The molecular weight excluding hydrogens is 309 g/mol. The number of hydrogen-bond donors (Lipinski definition) is 2. The first-order valence-corrected chi connectivity index (χ1v) is 7.62. The number of ether oxygens (including phenoxy) is 1. The molecule has 0 aliphatic carbocycles. The van der Waals surface area contributed by atoms with Gasteiger partial charge in [0.25, 0.3) is 0 Å².